The van der Waals surface area contributed by atoms with Crippen molar-refractivity contribution in [2.24, 2.45) is 0 Å². The third-order valence-corrected chi connectivity index (χ3v) is 1.49. The molecular formula is C9H16N2O2. The molecule has 0 aromatic heterocycles. The number of nitrogens with one attached hydrogen (secondary N) is 1. The second-order valence-corrected chi connectivity index (χ2v) is 2.58. The Kier molecular flexibility index (Phi) is 5.43. The van der Waals surface area contributed by atoms with Crippen molar-refractivity contribution in [3.8, 4) is 0 Å². The Morgan fingerprint density at radius 2 is 2.23 bits per heavy atom. The van der Waals surface area contributed by atoms with E-state index in [0.29, 0.717) is 12.0 Å². The van der Waals surface area contributed by atoms with E-state index in [1.165, 1.54) is 0 Å². The van der Waals surface area contributed by atoms with Crippen molar-refractivity contribution in [2.75, 3.05) is 14.1 Å². The van der Waals surface area contributed by atoms with Crippen LogP contribution in [0.5, 0.6) is 0 Å². The molecule has 0 aliphatic carbocycles. The summed E-state index contributed by atoms with van der Waals surface area (Å²) in [6, 6.07) is 0. The standard InChI is InChI=1S/C9H16N2O2/c1-4-8(9(12)13)7-11(3)6-5-10-2/h5-7,10H,4H2,1-3H3,(H,12,13)/b6-5-,8-7+. The van der Waals surface area contributed by atoms with Gasteiger partial charge in [-0.2, -0.15) is 0 Å². The van der Waals surface area contributed by atoms with E-state index in [4.69, 9.17) is 5.11 Å². The van der Waals surface area contributed by atoms with E-state index in [9.17, 15) is 4.79 Å². The highest BCUT2D eigenvalue weighted by atomic mass is 16.4. The van der Waals surface area contributed by atoms with Crippen LogP contribution in [0.4, 0.5) is 0 Å². The van der Waals surface area contributed by atoms with Gasteiger partial charge < -0.3 is 15.3 Å². The molecule has 0 unspecified atom stereocenters. The summed E-state index contributed by atoms with van der Waals surface area (Å²) in [5.74, 6) is -0.868. The summed E-state index contributed by atoms with van der Waals surface area (Å²) in [5, 5.41) is 11.5. The second kappa shape index (κ2) is 6.11. The fraction of sp³-hybridized carbons (Fsp3) is 0.444. The molecule has 0 atom stereocenters. The Morgan fingerprint density at radius 1 is 1.62 bits per heavy atom. The lowest BCUT2D eigenvalue weighted by Crippen LogP contribution is -2.08. The molecule has 0 rings (SSSR count). The van der Waals surface area contributed by atoms with Gasteiger partial charge in [-0.3, -0.25) is 0 Å². The van der Waals surface area contributed by atoms with E-state index in [1.807, 2.05) is 6.92 Å². The Balaban J connectivity index is 4.32. The average Bonchev–Trinajstić information content (AvgIpc) is 2.10. The molecule has 4 nitrogen and oxygen atoms in total. The zero-order chi connectivity index (χ0) is 10.3. The first-order valence-corrected chi connectivity index (χ1v) is 4.11. The van der Waals surface area contributed by atoms with Crippen LogP contribution in [0, 0.1) is 0 Å². The minimum absolute atomic E-state index is 0.392. The molecule has 2 N–H and O–H groups in total. The van der Waals surface area contributed by atoms with Gasteiger partial charge in [0.25, 0.3) is 0 Å². The van der Waals surface area contributed by atoms with Gasteiger partial charge in [-0.15, -0.1) is 0 Å². The largest absolute Gasteiger partial charge is 0.478 e. The van der Waals surface area contributed by atoms with Crippen molar-refractivity contribution >= 4 is 5.97 Å². The molecule has 13 heavy (non-hydrogen) atoms. The van der Waals surface area contributed by atoms with E-state index in [0.717, 1.165) is 0 Å². The molecule has 4 heteroatoms. The predicted molar refractivity (Wildman–Crippen MR) is 52.0 cm³/mol. The molecule has 0 radical (unpaired) electrons. The minimum Gasteiger partial charge on any atom is -0.478 e. The molecule has 0 spiro atoms. The van der Waals surface area contributed by atoms with E-state index >= 15 is 0 Å². The normalized spacial score (nSPS) is 11.8. The van der Waals surface area contributed by atoms with E-state index in [-0.39, 0.29) is 0 Å². The van der Waals surface area contributed by atoms with E-state index in [1.54, 1.807) is 37.6 Å². The number of rotatable bonds is 5. The average molecular weight is 184 g/mol. The van der Waals surface area contributed by atoms with Crippen LogP contribution in [-0.2, 0) is 4.79 Å². The maximum absolute atomic E-state index is 10.6. The number of hydrogen-bond acceptors (Lipinski definition) is 3. The molecule has 0 aliphatic rings. The topological polar surface area (TPSA) is 52.6 Å². The van der Waals surface area contributed by atoms with E-state index in [2.05, 4.69) is 5.32 Å². The van der Waals surface area contributed by atoms with Crippen molar-refractivity contribution in [2.45, 2.75) is 13.3 Å². The highest BCUT2D eigenvalue weighted by molar-refractivity contribution is 5.86. The molecule has 0 aromatic carbocycles. The summed E-state index contributed by atoms with van der Waals surface area (Å²) < 4.78 is 0. The molecule has 0 amide bonds. The zero-order valence-corrected chi connectivity index (χ0v) is 8.24. The smallest absolute Gasteiger partial charge is 0.333 e. The maximum atomic E-state index is 10.6. The summed E-state index contributed by atoms with van der Waals surface area (Å²) in [4.78, 5) is 12.3. The monoisotopic (exact) mass is 184 g/mol. The van der Waals surface area contributed by atoms with Gasteiger partial charge in [-0.1, -0.05) is 6.92 Å². The van der Waals surface area contributed by atoms with Gasteiger partial charge in [-0.05, 0) is 6.42 Å². The highest BCUT2D eigenvalue weighted by Gasteiger charge is 2.03. The van der Waals surface area contributed by atoms with Crippen molar-refractivity contribution in [3.05, 3.63) is 24.2 Å². The van der Waals surface area contributed by atoms with Crippen LogP contribution in [0.2, 0.25) is 0 Å². The van der Waals surface area contributed by atoms with Gasteiger partial charge in [0.15, 0.2) is 0 Å². The van der Waals surface area contributed by atoms with Crippen LogP contribution in [-0.4, -0.2) is 30.1 Å². The quantitative estimate of drug-likeness (QED) is 0.625. The van der Waals surface area contributed by atoms with Crippen LogP contribution in [0.1, 0.15) is 13.3 Å². The molecule has 0 heterocycles. The third kappa shape index (κ3) is 4.90. The van der Waals surface area contributed by atoms with Crippen LogP contribution in [0.25, 0.3) is 0 Å². The van der Waals surface area contributed by atoms with E-state index < -0.39 is 5.97 Å². The first-order valence-electron chi connectivity index (χ1n) is 4.11. The summed E-state index contributed by atoms with van der Waals surface area (Å²) in [6.07, 6.45) is 5.59. The molecule has 0 aliphatic heterocycles. The summed E-state index contributed by atoms with van der Waals surface area (Å²) >= 11 is 0. The lowest BCUT2D eigenvalue weighted by molar-refractivity contribution is -0.132. The lowest BCUT2D eigenvalue weighted by atomic mass is 10.2. The first-order chi connectivity index (χ1) is 6.11. The fourth-order valence-electron chi connectivity index (χ4n) is 0.779. The summed E-state index contributed by atoms with van der Waals surface area (Å²) in [7, 11) is 3.57. The number of carbonyl (C=O) groups is 1. The second-order valence-electron chi connectivity index (χ2n) is 2.58. The summed E-state index contributed by atoms with van der Waals surface area (Å²) in [6.45, 7) is 1.82. The molecule has 0 aromatic rings. The predicted octanol–water partition coefficient (Wildman–Crippen LogP) is 0.987. The minimum atomic E-state index is -0.868. The Bertz CT molecular complexity index is 222. The zero-order valence-electron chi connectivity index (χ0n) is 8.24. The molecule has 0 fully saturated rings. The third-order valence-electron chi connectivity index (χ3n) is 1.49. The fourth-order valence-corrected chi connectivity index (χ4v) is 0.779. The van der Waals surface area contributed by atoms with Crippen LogP contribution in [0.3, 0.4) is 0 Å². The van der Waals surface area contributed by atoms with Gasteiger partial charge >= 0.3 is 5.97 Å². The van der Waals surface area contributed by atoms with Crippen molar-refractivity contribution in [1.82, 2.24) is 10.2 Å². The van der Waals surface area contributed by atoms with Gasteiger partial charge in [0.2, 0.25) is 0 Å². The molecular weight excluding hydrogens is 168 g/mol. The van der Waals surface area contributed by atoms with Gasteiger partial charge in [0.1, 0.15) is 0 Å². The molecule has 0 bridgehead atoms. The number of carboxylic acid groups (broad SMARTS) is 1. The number of carboxylic acids is 1. The number of hydrogen-bond donors (Lipinski definition) is 2. The van der Waals surface area contributed by atoms with Crippen LogP contribution >= 0.6 is 0 Å². The van der Waals surface area contributed by atoms with Gasteiger partial charge in [0.05, 0.1) is 5.57 Å². The van der Waals surface area contributed by atoms with Gasteiger partial charge in [0, 0.05) is 32.7 Å². The number of nitrogens with zero attached hydrogens (tertiary/aromatic N) is 1. The number of aliphatic carboxylic acids is 1. The molecule has 74 valence electrons. The van der Waals surface area contributed by atoms with Crippen LogP contribution in [0.15, 0.2) is 24.2 Å². The van der Waals surface area contributed by atoms with Crippen molar-refractivity contribution < 1.29 is 9.90 Å². The maximum Gasteiger partial charge on any atom is 0.333 e. The Hall–Kier alpha value is -1.45. The lowest BCUT2D eigenvalue weighted by Gasteiger charge is -2.08. The Morgan fingerprint density at radius 3 is 2.62 bits per heavy atom. The Labute approximate surface area is 78.5 Å². The van der Waals surface area contributed by atoms with Crippen LogP contribution < -0.4 is 5.32 Å². The first kappa shape index (κ1) is 11.6. The highest BCUT2D eigenvalue weighted by Crippen LogP contribution is 2.02. The molecule has 0 saturated heterocycles. The SMILES string of the molecule is CC/C(=C\N(C)/C=C\NC)C(=O)O. The van der Waals surface area contributed by atoms with Crippen molar-refractivity contribution in [3.63, 3.8) is 0 Å². The van der Waals surface area contributed by atoms with Gasteiger partial charge in [-0.25, -0.2) is 4.79 Å². The summed E-state index contributed by atoms with van der Waals surface area (Å²) in [5.41, 5.74) is 0.392. The van der Waals surface area contributed by atoms with Crippen molar-refractivity contribution in [1.29, 1.82) is 0 Å². The molecule has 0 saturated carbocycles.